The van der Waals surface area contributed by atoms with Gasteiger partial charge in [0.15, 0.2) is 0 Å². The zero-order valence-corrected chi connectivity index (χ0v) is 17.2. The summed E-state index contributed by atoms with van der Waals surface area (Å²) in [4.78, 5) is 18.8. The van der Waals surface area contributed by atoms with E-state index in [0.717, 1.165) is 16.8 Å². The molecule has 1 heterocycles. The second-order valence-corrected chi connectivity index (χ2v) is 7.38. The summed E-state index contributed by atoms with van der Waals surface area (Å²) in [5.41, 5.74) is 3.76. The highest BCUT2D eigenvalue weighted by atomic mass is 16.3. The number of phenols is 1. The molecule has 0 atom stereocenters. The lowest BCUT2D eigenvalue weighted by Crippen LogP contribution is -2.11. The number of imidazole rings is 1. The Balaban J connectivity index is 1.87. The Bertz CT molecular complexity index is 1380. The predicted molar refractivity (Wildman–Crippen MR) is 126 cm³/mol. The van der Waals surface area contributed by atoms with E-state index in [-0.39, 0.29) is 17.1 Å². The molecule has 0 aliphatic rings. The van der Waals surface area contributed by atoms with Gasteiger partial charge in [0.2, 0.25) is 5.78 Å². The van der Waals surface area contributed by atoms with Crippen LogP contribution in [0.5, 0.6) is 5.75 Å². The van der Waals surface area contributed by atoms with Crippen LogP contribution < -0.4 is 0 Å². The maximum absolute atomic E-state index is 13.9. The first-order chi connectivity index (χ1) is 15.7. The number of carbonyl (C=O) groups is 1. The van der Waals surface area contributed by atoms with Crippen LogP contribution >= 0.6 is 0 Å². The minimum Gasteiger partial charge on any atom is -0.507 e. The highest BCUT2D eigenvalue weighted by molar-refractivity contribution is 6.13. The molecule has 1 aromatic heterocycles. The van der Waals surface area contributed by atoms with Crippen LogP contribution in [-0.2, 0) is 0 Å². The fraction of sp³-hybridized carbons (Fsp3) is 0. The first kappa shape index (κ1) is 19.5. The number of hydrogen-bond acceptors (Lipinski definition) is 3. The van der Waals surface area contributed by atoms with Crippen LogP contribution in [0.2, 0.25) is 0 Å². The summed E-state index contributed by atoms with van der Waals surface area (Å²) in [5.74, 6) is 0.313. The van der Waals surface area contributed by atoms with E-state index in [4.69, 9.17) is 4.98 Å². The Morgan fingerprint density at radius 3 is 1.81 bits per heavy atom. The number of rotatable bonds is 5. The Hall–Kier alpha value is -4.44. The summed E-state index contributed by atoms with van der Waals surface area (Å²) < 4.78 is 1.88. The molecule has 0 saturated carbocycles. The van der Waals surface area contributed by atoms with Crippen molar-refractivity contribution in [3.8, 4) is 34.1 Å². The standard InChI is InChI=1S/C28H20N2O2/c31-24-19-11-10-18-23(24)27(32)26-25(20-12-4-1-5-13-20)29-28(21-14-6-2-7-15-21)30(26)22-16-8-3-9-17-22/h1-19,31H. The van der Waals surface area contributed by atoms with Gasteiger partial charge in [0.05, 0.1) is 5.56 Å². The predicted octanol–water partition coefficient (Wildman–Crippen LogP) is 6.14. The van der Waals surface area contributed by atoms with Crippen LogP contribution in [0.3, 0.4) is 0 Å². The van der Waals surface area contributed by atoms with Crippen molar-refractivity contribution >= 4 is 5.78 Å². The summed E-state index contributed by atoms with van der Waals surface area (Å²) in [6.07, 6.45) is 0. The maximum atomic E-state index is 13.9. The number of aromatic nitrogens is 2. The fourth-order valence-electron chi connectivity index (χ4n) is 3.83. The number of carbonyl (C=O) groups excluding carboxylic acids is 1. The van der Waals surface area contributed by atoms with E-state index in [1.54, 1.807) is 18.2 Å². The highest BCUT2D eigenvalue weighted by Crippen LogP contribution is 2.34. The molecule has 0 bridgehead atoms. The molecule has 0 spiro atoms. The van der Waals surface area contributed by atoms with Crippen molar-refractivity contribution in [1.82, 2.24) is 9.55 Å². The largest absolute Gasteiger partial charge is 0.507 e. The number of hydrogen-bond donors (Lipinski definition) is 1. The van der Waals surface area contributed by atoms with E-state index in [9.17, 15) is 9.90 Å². The highest BCUT2D eigenvalue weighted by Gasteiger charge is 2.27. The Kier molecular flexibility index (Phi) is 5.10. The minimum absolute atomic E-state index is 0.0569. The van der Waals surface area contributed by atoms with Gasteiger partial charge in [-0.2, -0.15) is 0 Å². The molecule has 0 radical (unpaired) electrons. The lowest BCUT2D eigenvalue weighted by atomic mass is 10.0. The monoisotopic (exact) mass is 416 g/mol. The number of phenolic OH excluding ortho intramolecular Hbond substituents is 1. The molecule has 0 aliphatic carbocycles. The average Bonchev–Trinajstić information content (AvgIpc) is 3.26. The molecule has 5 aromatic rings. The summed E-state index contributed by atoms with van der Waals surface area (Å²) in [6.45, 7) is 0. The Morgan fingerprint density at radius 1 is 0.656 bits per heavy atom. The lowest BCUT2D eigenvalue weighted by molar-refractivity contribution is 0.103. The maximum Gasteiger partial charge on any atom is 0.215 e. The molecular weight excluding hydrogens is 396 g/mol. The second kappa shape index (κ2) is 8.36. The molecule has 5 rings (SSSR count). The number of nitrogens with zero attached hydrogens (tertiary/aromatic N) is 2. The minimum atomic E-state index is -0.291. The molecule has 4 aromatic carbocycles. The van der Waals surface area contributed by atoms with Crippen LogP contribution in [0.4, 0.5) is 0 Å². The van der Waals surface area contributed by atoms with Gasteiger partial charge in [0.25, 0.3) is 0 Å². The molecule has 0 amide bonds. The van der Waals surface area contributed by atoms with Crippen molar-refractivity contribution in [2.75, 3.05) is 0 Å². The van der Waals surface area contributed by atoms with Gasteiger partial charge in [0.1, 0.15) is 23.0 Å². The molecule has 0 fully saturated rings. The molecule has 32 heavy (non-hydrogen) atoms. The third kappa shape index (κ3) is 3.48. The lowest BCUT2D eigenvalue weighted by Gasteiger charge is -2.13. The van der Waals surface area contributed by atoms with Gasteiger partial charge >= 0.3 is 0 Å². The van der Waals surface area contributed by atoms with Crippen molar-refractivity contribution < 1.29 is 9.90 Å². The van der Waals surface area contributed by atoms with Gasteiger partial charge in [-0.1, -0.05) is 91.0 Å². The van der Waals surface area contributed by atoms with E-state index in [2.05, 4.69) is 0 Å². The zero-order valence-electron chi connectivity index (χ0n) is 17.2. The second-order valence-electron chi connectivity index (χ2n) is 7.38. The van der Waals surface area contributed by atoms with Crippen molar-refractivity contribution in [2.24, 2.45) is 0 Å². The molecule has 1 N–H and O–H groups in total. The first-order valence-electron chi connectivity index (χ1n) is 10.4. The SMILES string of the molecule is O=C(c1ccccc1O)c1c(-c2ccccc2)nc(-c2ccccc2)n1-c1ccccc1. The van der Waals surface area contributed by atoms with Crippen molar-refractivity contribution in [1.29, 1.82) is 0 Å². The van der Waals surface area contributed by atoms with Crippen LogP contribution in [0.1, 0.15) is 16.1 Å². The fourth-order valence-corrected chi connectivity index (χ4v) is 3.83. The smallest absolute Gasteiger partial charge is 0.215 e. The van der Waals surface area contributed by atoms with Crippen molar-refractivity contribution in [3.63, 3.8) is 0 Å². The van der Waals surface area contributed by atoms with Crippen LogP contribution in [0, 0.1) is 0 Å². The van der Waals surface area contributed by atoms with E-state index in [0.29, 0.717) is 17.2 Å². The number of para-hydroxylation sites is 2. The number of benzene rings is 4. The molecule has 4 nitrogen and oxygen atoms in total. The van der Waals surface area contributed by atoms with Gasteiger partial charge < -0.3 is 5.11 Å². The third-order valence-corrected chi connectivity index (χ3v) is 5.33. The average molecular weight is 416 g/mol. The number of aromatic hydroxyl groups is 1. The summed E-state index contributed by atoms with van der Waals surface area (Å²) in [5, 5.41) is 10.4. The van der Waals surface area contributed by atoms with E-state index >= 15 is 0 Å². The Morgan fingerprint density at radius 2 is 1.19 bits per heavy atom. The molecule has 0 saturated heterocycles. The quantitative estimate of drug-likeness (QED) is 0.350. The van der Waals surface area contributed by atoms with Crippen LogP contribution in [0.25, 0.3) is 28.3 Å². The van der Waals surface area contributed by atoms with Crippen LogP contribution in [-0.4, -0.2) is 20.4 Å². The molecule has 4 heteroatoms. The summed E-state index contributed by atoms with van der Waals surface area (Å²) in [6, 6.07) is 35.8. The summed E-state index contributed by atoms with van der Waals surface area (Å²) >= 11 is 0. The van der Waals surface area contributed by atoms with Gasteiger partial charge in [-0.05, 0) is 24.3 Å². The molecule has 0 aliphatic heterocycles. The number of ketones is 1. The van der Waals surface area contributed by atoms with Crippen molar-refractivity contribution in [3.05, 3.63) is 127 Å². The van der Waals surface area contributed by atoms with Gasteiger partial charge in [-0.25, -0.2) is 4.98 Å². The topological polar surface area (TPSA) is 55.1 Å². The Labute approximate surface area is 186 Å². The first-order valence-corrected chi connectivity index (χ1v) is 10.4. The van der Waals surface area contributed by atoms with E-state index < -0.39 is 0 Å². The van der Waals surface area contributed by atoms with Crippen LogP contribution in [0.15, 0.2) is 115 Å². The third-order valence-electron chi connectivity index (χ3n) is 5.33. The van der Waals surface area contributed by atoms with Crippen molar-refractivity contribution in [2.45, 2.75) is 0 Å². The van der Waals surface area contributed by atoms with Gasteiger partial charge in [0, 0.05) is 16.8 Å². The normalized spacial score (nSPS) is 10.8. The van der Waals surface area contributed by atoms with Gasteiger partial charge in [-0.15, -0.1) is 0 Å². The van der Waals surface area contributed by atoms with E-state index in [1.165, 1.54) is 6.07 Å². The summed E-state index contributed by atoms with van der Waals surface area (Å²) in [7, 11) is 0. The molecular formula is C28H20N2O2. The van der Waals surface area contributed by atoms with E-state index in [1.807, 2.05) is 95.6 Å². The van der Waals surface area contributed by atoms with Gasteiger partial charge in [-0.3, -0.25) is 9.36 Å². The molecule has 0 unspecified atom stereocenters. The zero-order chi connectivity index (χ0) is 21.9. The molecule has 154 valence electrons.